The number of nitrogens with zero attached hydrogens (tertiary/aromatic N) is 2. The quantitative estimate of drug-likeness (QED) is 0.743. The van der Waals surface area contributed by atoms with Crippen LogP contribution in [-0.2, 0) is 6.54 Å². The van der Waals surface area contributed by atoms with Crippen molar-refractivity contribution >= 4 is 11.6 Å². The van der Waals surface area contributed by atoms with Crippen LogP contribution in [0.3, 0.4) is 0 Å². The standard InChI is InChI=1S/C20H21N3O2/c1-3-25-19-10-8-17(9-11-19)20(24)22-18-12-21-23(14-18)13-16-6-4-15(2)5-7-16/h4-12,14H,3,13H2,1-2H3,(H,22,24). The highest BCUT2D eigenvalue weighted by Gasteiger charge is 2.08. The van der Waals surface area contributed by atoms with Gasteiger partial charge in [-0.25, -0.2) is 0 Å². The molecule has 1 amide bonds. The third-order valence-corrected chi connectivity index (χ3v) is 3.78. The predicted molar refractivity (Wildman–Crippen MR) is 98.1 cm³/mol. The Hall–Kier alpha value is -3.08. The zero-order chi connectivity index (χ0) is 17.6. The first kappa shape index (κ1) is 16.8. The maximum Gasteiger partial charge on any atom is 0.255 e. The van der Waals surface area contributed by atoms with Gasteiger partial charge in [-0.2, -0.15) is 5.10 Å². The van der Waals surface area contributed by atoms with E-state index in [4.69, 9.17) is 4.74 Å². The molecule has 0 fully saturated rings. The number of hydrogen-bond donors (Lipinski definition) is 1. The van der Waals surface area contributed by atoms with Crippen LogP contribution in [0.25, 0.3) is 0 Å². The van der Waals surface area contributed by atoms with E-state index in [0.29, 0.717) is 24.4 Å². The number of anilines is 1. The summed E-state index contributed by atoms with van der Waals surface area (Å²) in [6.45, 7) is 5.26. The van der Waals surface area contributed by atoms with Crippen LogP contribution >= 0.6 is 0 Å². The maximum absolute atomic E-state index is 12.3. The fraction of sp³-hybridized carbons (Fsp3) is 0.200. The molecular formula is C20H21N3O2. The third kappa shape index (κ3) is 4.47. The number of benzene rings is 2. The van der Waals surface area contributed by atoms with Crippen molar-refractivity contribution in [3.63, 3.8) is 0 Å². The van der Waals surface area contributed by atoms with Crippen molar-refractivity contribution in [1.29, 1.82) is 0 Å². The average Bonchev–Trinajstić information content (AvgIpc) is 3.05. The van der Waals surface area contributed by atoms with Gasteiger partial charge >= 0.3 is 0 Å². The van der Waals surface area contributed by atoms with Crippen LogP contribution in [-0.4, -0.2) is 22.3 Å². The van der Waals surface area contributed by atoms with Gasteiger partial charge in [0.1, 0.15) is 5.75 Å². The molecule has 128 valence electrons. The molecule has 3 rings (SSSR count). The minimum atomic E-state index is -0.169. The minimum absolute atomic E-state index is 0.169. The molecule has 0 aliphatic heterocycles. The molecule has 0 spiro atoms. The Kier molecular flexibility index (Phi) is 5.14. The van der Waals surface area contributed by atoms with Crippen molar-refractivity contribution in [1.82, 2.24) is 9.78 Å². The summed E-state index contributed by atoms with van der Waals surface area (Å²) in [5.41, 5.74) is 3.64. The van der Waals surface area contributed by atoms with Gasteiger partial charge in [-0.05, 0) is 43.7 Å². The van der Waals surface area contributed by atoms with Crippen molar-refractivity contribution in [2.24, 2.45) is 0 Å². The molecule has 0 saturated carbocycles. The van der Waals surface area contributed by atoms with Gasteiger partial charge in [0.2, 0.25) is 0 Å². The molecule has 1 N–H and O–H groups in total. The molecule has 25 heavy (non-hydrogen) atoms. The largest absolute Gasteiger partial charge is 0.494 e. The molecule has 0 unspecified atom stereocenters. The number of nitrogens with one attached hydrogen (secondary N) is 1. The van der Waals surface area contributed by atoms with Gasteiger partial charge in [-0.15, -0.1) is 0 Å². The number of aryl methyl sites for hydroxylation is 1. The molecule has 5 heteroatoms. The Morgan fingerprint density at radius 3 is 2.52 bits per heavy atom. The SMILES string of the molecule is CCOc1ccc(C(=O)Nc2cnn(Cc3ccc(C)cc3)c2)cc1. The summed E-state index contributed by atoms with van der Waals surface area (Å²) in [6, 6.07) is 15.4. The molecule has 0 radical (unpaired) electrons. The van der Waals surface area contributed by atoms with Gasteiger partial charge in [0.05, 0.1) is 25.0 Å². The van der Waals surface area contributed by atoms with E-state index < -0.39 is 0 Å². The second-order valence-electron chi connectivity index (χ2n) is 5.82. The topological polar surface area (TPSA) is 56.1 Å². The number of aromatic nitrogens is 2. The van der Waals surface area contributed by atoms with Gasteiger partial charge in [0, 0.05) is 11.8 Å². The number of rotatable bonds is 6. The zero-order valence-corrected chi connectivity index (χ0v) is 14.4. The molecule has 0 saturated heterocycles. The molecule has 3 aromatic rings. The van der Waals surface area contributed by atoms with Crippen molar-refractivity contribution in [2.45, 2.75) is 20.4 Å². The van der Waals surface area contributed by atoms with E-state index >= 15 is 0 Å². The lowest BCUT2D eigenvalue weighted by Crippen LogP contribution is -2.11. The zero-order valence-electron chi connectivity index (χ0n) is 14.4. The van der Waals surface area contributed by atoms with E-state index in [0.717, 1.165) is 11.3 Å². The van der Waals surface area contributed by atoms with Crippen LogP contribution < -0.4 is 10.1 Å². The second kappa shape index (κ2) is 7.66. The maximum atomic E-state index is 12.3. The monoisotopic (exact) mass is 335 g/mol. The number of carbonyl (C=O) groups is 1. The van der Waals surface area contributed by atoms with E-state index in [9.17, 15) is 4.79 Å². The lowest BCUT2D eigenvalue weighted by molar-refractivity contribution is 0.102. The normalized spacial score (nSPS) is 10.5. The summed E-state index contributed by atoms with van der Waals surface area (Å²) < 4.78 is 7.19. The Morgan fingerprint density at radius 2 is 1.84 bits per heavy atom. The molecule has 1 aromatic heterocycles. The second-order valence-corrected chi connectivity index (χ2v) is 5.82. The van der Waals surface area contributed by atoms with Gasteiger partial charge in [-0.3, -0.25) is 9.48 Å². The van der Waals surface area contributed by atoms with Crippen LogP contribution in [0.4, 0.5) is 5.69 Å². The van der Waals surface area contributed by atoms with Gasteiger partial charge < -0.3 is 10.1 Å². The first-order chi connectivity index (χ1) is 12.1. The lowest BCUT2D eigenvalue weighted by Gasteiger charge is -2.05. The number of carbonyl (C=O) groups excluding carboxylic acids is 1. The summed E-state index contributed by atoms with van der Waals surface area (Å²) >= 11 is 0. The summed E-state index contributed by atoms with van der Waals surface area (Å²) in [5, 5.41) is 7.16. The van der Waals surface area contributed by atoms with E-state index in [1.165, 1.54) is 5.56 Å². The fourth-order valence-corrected chi connectivity index (χ4v) is 2.47. The Labute approximate surface area is 147 Å². The smallest absolute Gasteiger partial charge is 0.255 e. The summed E-state index contributed by atoms with van der Waals surface area (Å²) in [6.07, 6.45) is 3.48. The van der Waals surface area contributed by atoms with E-state index in [1.807, 2.05) is 13.1 Å². The van der Waals surface area contributed by atoms with E-state index in [2.05, 4.69) is 41.6 Å². The Morgan fingerprint density at radius 1 is 1.12 bits per heavy atom. The van der Waals surface area contributed by atoms with Crippen LogP contribution in [0.1, 0.15) is 28.4 Å². The number of hydrogen-bond acceptors (Lipinski definition) is 3. The molecule has 2 aromatic carbocycles. The first-order valence-corrected chi connectivity index (χ1v) is 8.26. The third-order valence-electron chi connectivity index (χ3n) is 3.78. The molecule has 0 atom stereocenters. The van der Waals surface area contributed by atoms with Crippen LogP contribution in [0.5, 0.6) is 5.75 Å². The van der Waals surface area contributed by atoms with Gasteiger partial charge in [0.25, 0.3) is 5.91 Å². The predicted octanol–water partition coefficient (Wildman–Crippen LogP) is 3.89. The summed E-state index contributed by atoms with van der Waals surface area (Å²) in [7, 11) is 0. The minimum Gasteiger partial charge on any atom is -0.494 e. The Balaban J connectivity index is 1.62. The van der Waals surface area contributed by atoms with Crippen LogP contribution in [0, 0.1) is 6.92 Å². The van der Waals surface area contributed by atoms with Crippen molar-refractivity contribution in [2.75, 3.05) is 11.9 Å². The molecule has 0 aliphatic rings. The van der Waals surface area contributed by atoms with Gasteiger partial charge in [0.15, 0.2) is 0 Å². The molecular weight excluding hydrogens is 314 g/mol. The molecule has 1 heterocycles. The molecule has 0 bridgehead atoms. The fourth-order valence-electron chi connectivity index (χ4n) is 2.47. The van der Waals surface area contributed by atoms with Crippen LogP contribution in [0.2, 0.25) is 0 Å². The highest BCUT2D eigenvalue weighted by Crippen LogP contribution is 2.14. The molecule has 0 aliphatic carbocycles. The van der Waals surface area contributed by atoms with Crippen molar-refractivity contribution in [3.05, 3.63) is 77.6 Å². The van der Waals surface area contributed by atoms with Crippen LogP contribution in [0.15, 0.2) is 60.9 Å². The summed E-state index contributed by atoms with van der Waals surface area (Å²) in [5.74, 6) is 0.586. The van der Waals surface area contributed by atoms with E-state index in [-0.39, 0.29) is 5.91 Å². The number of amides is 1. The average molecular weight is 335 g/mol. The highest BCUT2D eigenvalue weighted by molar-refractivity contribution is 6.04. The number of ether oxygens (including phenoxy) is 1. The Bertz CT molecular complexity index is 836. The lowest BCUT2D eigenvalue weighted by atomic mass is 10.1. The summed E-state index contributed by atoms with van der Waals surface area (Å²) in [4.78, 5) is 12.3. The molecule has 5 nitrogen and oxygen atoms in total. The van der Waals surface area contributed by atoms with Crippen molar-refractivity contribution < 1.29 is 9.53 Å². The van der Waals surface area contributed by atoms with Crippen molar-refractivity contribution in [3.8, 4) is 5.75 Å². The highest BCUT2D eigenvalue weighted by atomic mass is 16.5. The van der Waals surface area contributed by atoms with E-state index in [1.54, 1.807) is 35.1 Å². The first-order valence-electron chi connectivity index (χ1n) is 8.26. The van der Waals surface area contributed by atoms with Gasteiger partial charge in [-0.1, -0.05) is 29.8 Å².